The maximum Gasteiger partial charge on any atom is 0.165 e. The van der Waals surface area contributed by atoms with Gasteiger partial charge in [-0.15, -0.1) is 11.3 Å². The van der Waals surface area contributed by atoms with Crippen molar-refractivity contribution in [2.24, 2.45) is 0 Å². The summed E-state index contributed by atoms with van der Waals surface area (Å²) in [6.07, 6.45) is 0.621. The van der Waals surface area contributed by atoms with Gasteiger partial charge in [-0.25, -0.2) is 4.39 Å². The molecule has 0 saturated heterocycles. The Morgan fingerprint density at radius 2 is 1.88 bits per heavy atom. The summed E-state index contributed by atoms with van der Waals surface area (Å²) in [6.45, 7) is 1.95. The molecule has 4 rings (SSSR count). The third-order valence-electron chi connectivity index (χ3n) is 4.64. The minimum Gasteiger partial charge on any atom is -0.508 e. The van der Waals surface area contributed by atoms with Gasteiger partial charge in [0, 0.05) is 5.56 Å². The van der Waals surface area contributed by atoms with Crippen LogP contribution in [0.2, 0.25) is 0 Å². The van der Waals surface area contributed by atoms with Crippen LogP contribution in [0.15, 0.2) is 41.8 Å². The predicted octanol–water partition coefficient (Wildman–Crippen LogP) is 4.70. The highest BCUT2D eigenvalue weighted by Crippen LogP contribution is 2.47. The molecule has 1 aromatic heterocycles. The predicted molar refractivity (Wildman–Crippen MR) is 99.3 cm³/mol. The van der Waals surface area contributed by atoms with Crippen molar-refractivity contribution in [1.29, 1.82) is 0 Å². The van der Waals surface area contributed by atoms with Crippen LogP contribution in [0.1, 0.15) is 27.8 Å². The quantitative estimate of drug-likeness (QED) is 0.625. The summed E-state index contributed by atoms with van der Waals surface area (Å²) in [6, 6.07) is 9.82. The van der Waals surface area contributed by atoms with Gasteiger partial charge < -0.3 is 15.9 Å². The average molecular weight is 353 g/mol. The Morgan fingerprint density at radius 1 is 1.08 bits per heavy atom. The number of phenolic OH excluding ortho intramolecular Hbond substituents is 2. The Labute approximate surface area is 148 Å². The number of nitrogen functional groups attached to an aromatic ring is 1. The summed E-state index contributed by atoms with van der Waals surface area (Å²) in [4.78, 5) is 0. The number of hydrogen-bond acceptors (Lipinski definition) is 4. The molecule has 25 heavy (non-hydrogen) atoms. The lowest BCUT2D eigenvalue weighted by atomic mass is 9.95. The van der Waals surface area contributed by atoms with Crippen LogP contribution in [0, 0.1) is 12.7 Å². The van der Waals surface area contributed by atoms with E-state index in [1.165, 1.54) is 23.5 Å². The van der Waals surface area contributed by atoms with Crippen molar-refractivity contribution in [3.05, 3.63) is 75.4 Å². The van der Waals surface area contributed by atoms with Crippen LogP contribution in [0.3, 0.4) is 0 Å². The lowest BCUT2D eigenvalue weighted by Gasteiger charge is -2.10. The fourth-order valence-corrected chi connectivity index (χ4v) is 4.11. The van der Waals surface area contributed by atoms with E-state index in [1.807, 2.05) is 18.4 Å². The third-order valence-corrected chi connectivity index (χ3v) is 5.39. The van der Waals surface area contributed by atoms with E-state index in [1.54, 1.807) is 18.2 Å². The molecule has 0 spiro atoms. The maximum absolute atomic E-state index is 13.9. The molecule has 0 atom stereocenters. The summed E-state index contributed by atoms with van der Waals surface area (Å²) in [5.74, 6) is -0.830. The van der Waals surface area contributed by atoms with Gasteiger partial charge in [0.05, 0.1) is 5.00 Å². The van der Waals surface area contributed by atoms with Crippen LogP contribution in [0.4, 0.5) is 9.39 Å². The molecule has 0 bridgehead atoms. The third kappa shape index (κ3) is 2.48. The number of anilines is 1. The zero-order valence-electron chi connectivity index (χ0n) is 13.5. The highest BCUT2D eigenvalue weighted by molar-refractivity contribution is 7.14. The van der Waals surface area contributed by atoms with Gasteiger partial charge in [-0.05, 0) is 82.5 Å². The molecule has 0 radical (unpaired) electrons. The lowest BCUT2D eigenvalue weighted by Crippen LogP contribution is -1.93. The largest absolute Gasteiger partial charge is 0.508 e. The highest BCUT2D eigenvalue weighted by Gasteiger charge is 2.27. The van der Waals surface area contributed by atoms with E-state index < -0.39 is 5.82 Å². The molecule has 1 aliphatic rings. The van der Waals surface area contributed by atoms with Gasteiger partial charge >= 0.3 is 0 Å². The number of halogens is 1. The first-order valence-electron chi connectivity index (χ1n) is 7.84. The molecule has 3 aromatic rings. The number of aryl methyl sites for hydroxylation is 1. The van der Waals surface area contributed by atoms with Crippen molar-refractivity contribution < 1.29 is 14.6 Å². The Morgan fingerprint density at radius 3 is 2.56 bits per heavy atom. The molecule has 5 heteroatoms. The average Bonchev–Trinajstić information content (AvgIpc) is 3.13. The van der Waals surface area contributed by atoms with Crippen LogP contribution in [-0.4, -0.2) is 10.2 Å². The molecule has 0 amide bonds. The molecule has 1 heterocycles. The minimum atomic E-state index is -0.654. The Hall–Kier alpha value is -2.79. The summed E-state index contributed by atoms with van der Waals surface area (Å²) in [7, 11) is 0. The first kappa shape index (κ1) is 15.7. The SMILES string of the molecule is Cc1cc(O)cc2c1CC(c1ccc(O)c(F)c1)=C2c1ccsc1N. The highest BCUT2D eigenvalue weighted by atomic mass is 32.1. The van der Waals surface area contributed by atoms with E-state index >= 15 is 0 Å². The summed E-state index contributed by atoms with van der Waals surface area (Å²) in [5.41, 5.74) is 12.6. The van der Waals surface area contributed by atoms with Crippen LogP contribution in [0.25, 0.3) is 11.1 Å². The molecular formula is C20H16FNO2S. The maximum atomic E-state index is 13.9. The van der Waals surface area contributed by atoms with Gasteiger partial charge in [0.2, 0.25) is 0 Å². The summed E-state index contributed by atoms with van der Waals surface area (Å²) < 4.78 is 13.9. The van der Waals surface area contributed by atoms with E-state index in [2.05, 4.69) is 0 Å². The smallest absolute Gasteiger partial charge is 0.165 e. The number of allylic oxidation sites excluding steroid dienone is 1. The fraction of sp³-hybridized carbons (Fsp3) is 0.100. The Balaban J connectivity index is 2.01. The van der Waals surface area contributed by atoms with Gasteiger partial charge in [0.1, 0.15) is 5.75 Å². The zero-order valence-corrected chi connectivity index (χ0v) is 14.3. The number of benzene rings is 2. The Kier molecular flexibility index (Phi) is 3.54. The molecule has 3 nitrogen and oxygen atoms in total. The number of thiophene rings is 1. The molecular weight excluding hydrogens is 337 g/mol. The van der Waals surface area contributed by atoms with Gasteiger partial charge in [-0.2, -0.15) is 0 Å². The topological polar surface area (TPSA) is 66.5 Å². The molecule has 0 fully saturated rings. The first-order chi connectivity index (χ1) is 12.0. The van der Waals surface area contributed by atoms with Crippen LogP contribution in [-0.2, 0) is 6.42 Å². The second-order valence-corrected chi connectivity index (χ2v) is 7.13. The van der Waals surface area contributed by atoms with Crippen molar-refractivity contribution in [1.82, 2.24) is 0 Å². The Bertz CT molecular complexity index is 1040. The lowest BCUT2D eigenvalue weighted by molar-refractivity contribution is 0.432. The van der Waals surface area contributed by atoms with Gasteiger partial charge in [0.25, 0.3) is 0 Å². The molecule has 0 unspecified atom stereocenters. The van der Waals surface area contributed by atoms with Gasteiger partial charge in [0.15, 0.2) is 11.6 Å². The van der Waals surface area contributed by atoms with Crippen molar-refractivity contribution in [2.75, 3.05) is 5.73 Å². The second kappa shape index (κ2) is 5.63. The molecule has 0 aliphatic heterocycles. The summed E-state index contributed by atoms with van der Waals surface area (Å²) in [5, 5.41) is 22.1. The van der Waals surface area contributed by atoms with Crippen molar-refractivity contribution in [2.45, 2.75) is 13.3 Å². The number of aromatic hydroxyl groups is 2. The number of rotatable bonds is 2. The van der Waals surface area contributed by atoms with E-state index in [9.17, 15) is 14.6 Å². The van der Waals surface area contributed by atoms with E-state index in [0.29, 0.717) is 17.0 Å². The van der Waals surface area contributed by atoms with E-state index in [0.717, 1.165) is 33.4 Å². The molecule has 1 aliphatic carbocycles. The van der Waals surface area contributed by atoms with E-state index in [4.69, 9.17) is 5.73 Å². The fourth-order valence-electron chi connectivity index (χ4n) is 3.46. The standard InChI is InChI=1S/C20H16FNO2S/c1-10-6-12(23)8-16-14(10)9-15(11-2-3-18(24)17(21)7-11)19(16)13-4-5-25-20(13)22/h2-8,23-24H,9,22H2,1H3. The number of hydrogen-bond donors (Lipinski definition) is 3. The van der Waals surface area contributed by atoms with Crippen molar-refractivity contribution in [3.8, 4) is 11.5 Å². The zero-order chi connectivity index (χ0) is 17.7. The number of fused-ring (bicyclic) bond motifs is 1. The van der Waals surface area contributed by atoms with Gasteiger partial charge in [-0.3, -0.25) is 0 Å². The molecule has 4 N–H and O–H groups in total. The summed E-state index contributed by atoms with van der Waals surface area (Å²) >= 11 is 1.44. The number of phenols is 2. The minimum absolute atomic E-state index is 0.195. The van der Waals surface area contributed by atoms with Crippen molar-refractivity contribution >= 4 is 27.5 Å². The molecule has 126 valence electrons. The van der Waals surface area contributed by atoms with Crippen LogP contribution < -0.4 is 5.73 Å². The number of nitrogens with two attached hydrogens (primary N) is 1. The first-order valence-corrected chi connectivity index (χ1v) is 8.72. The molecule has 0 saturated carbocycles. The van der Waals surface area contributed by atoms with Crippen molar-refractivity contribution in [3.63, 3.8) is 0 Å². The molecule has 2 aromatic carbocycles. The van der Waals surface area contributed by atoms with Crippen LogP contribution in [0.5, 0.6) is 11.5 Å². The monoisotopic (exact) mass is 353 g/mol. The normalized spacial score (nSPS) is 13.4. The van der Waals surface area contributed by atoms with Gasteiger partial charge in [-0.1, -0.05) is 6.07 Å². The van der Waals surface area contributed by atoms with E-state index in [-0.39, 0.29) is 11.5 Å². The second-order valence-electron chi connectivity index (χ2n) is 6.18. The van der Waals surface area contributed by atoms with Crippen LogP contribution >= 0.6 is 11.3 Å².